The third kappa shape index (κ3) is 5.13. The number of hydrogen-bond acceptors (Lipinski definition) is 4. The Morgan fingerprint density at radius 1 is 1.19 bits per heavy atom. The van der Waals surface area contributed by atoms with Gasteiger partial charge in [0.25, 0.3) is 0 Å². The van der Waals surface area contributed by atoms with Crippen molar-refractivity contribution in [2.75, 3.05) is 19.0 Å². The molecule has 26 heavy (non-hydrogen) atoms. The second kappa shape index (κ2) is 9.10. The minimum Gasteiger partial charge on any atom is -0.496 e. The number of methoxy groups -OCH3 is 1. The molecular formula is C19H20ClNO5. The molecule has 7 heteroatoms. The molecule has 0 spiro atoms. The number of benzene rings is 2. The van der Waals surface area contributed by atoms with Gasteiger partial charge in [0.05, 0.1) is 30.8 Å². The molecule has 0 saturated carbocycles. The van der Waals surface area contributed by atoms with Crippen LogP contribution in [0.2, 0.25) is 5.02 Å². The molecule has 0 bridgehead atoms. The summed E-state index contributed by atoms with van der Waals surface area (Å²) in [6.45, 7) is 2.28. The van der Waals surface area contributed by atoms with E-state index in [1.807, 2.05) is 24.3 Å². The molecule has 2 rings (SSSR count). The summed E-state index contributed by atoms with van der Waals surface area (Å²) in [7, 11) is 1.35. The molecule has 0 aromatic heterocycles. The van der Waals surface area contributed by atoms with Crippen LogP contribution >= 0.6 is 11.6 Å². The molecule has 138 valence electrons. The molecule has 0 aliphatic carbocycles. The number of rotatable bonds is 8. The van der Waals surface area contributed by atoms with Crippen LogP contribution in [0.3, 0.4) is 0 Å². The Hall–Kier alpha value is -2.73. The van der Waals surface area contributed by atoms with Gasteiger partial charge in [0.1, 0.15) is 17.1 Å². The molecule has 0 radical (unpaired) electrons. The van der Waals surface area contributed by atoms with Crippen molar-refractivity contribution in [3.63, 3.8) is 0 Å². The van der Waals surface area contributed by atoms with Crippen LogP contribution in [0.15, 0.2) is 36.4 Å². The van der Waals surface area contributed by atoms with Gasteiger partial charge in [0, 0.05) is 6.07 Å². The summed E-state index contributed by atoms with van der Waals surface area (Å²) in [4.78, 5) is 23.2. The fraction of sp³-hybridized carbons (Fsp3) is 0.263. The Morgan fingerprint density at radius 2 is 1.88 bits per heavy atom. The van der Waals surface area contributed by atoms with E-state index >= 15 is 0 Å². The standard InChI is InChI=1S/C19H20ClNO5/c1-3-12-4-6-13(7-5-12)26-9-8-18(22)21-16-11-17(25-2)14(19(23)24)10-15(16)20/h4-7,10-11H,3,8-9H2,1-2H3,(H,21,22)(H,23,24). The van der Waals surface area contributed by atoms with Crippen LogP contribution in [-0.2, 0) is 11.2 Å². The Bertz CT molecular complexity index is 789. The van der Waals surface area contributed by atoms with Crippen LogP contribution in [0.4, 0.5) is 5.69 Å². The molecular weight excluding hydrogens is 358 g/mol. The molecule has 2 N–H and O–H groups in total. The van der Waals surface area contributed by atoms with Gasteiger partial charge in [-0.2, -0.15) is 0 Å². The average molecular weight is 378 g/mol. The minimum absolute atomic E-state index is 0.0747. The summed E-state index contributed by atoms with van der Waals surface area (Å²) in [6.07, 6.45) is 1.07. The largest absolute Gasteiger partial charge is 0.496 e. The Labute approximate surface area is 156 Å². The lowest BCUT2D eigenvalue weighted by atomic mass is 10.1. The quantitative estimate of drug-likeness (QED) is 0.725. The van der Waals surface area contributed by atoms with Crippen molar-refractivity contribution in [2.45, 2.75) is 19.8 Å². The summed E-state index contributed by atoms with van der Waals surface area (Å²) in [5.41, 5.74) is 1.42. The van der Waals surface area contributed by atoms with Crippen LogP contribution in [0.25, 0.3) is 0 Å². The summed E-state index contributed by atoms with van der Waals surface area (Å²) < 4.78 is 10.6. The second-order valence-corrected chi connectivity index (χ2v) is 5.89. The summed E-state index contributed by atoms with van der Waals surface area (Å²) in [6, 6.07) is 10.3. The lowest BCUT2D eigenvalue weighted by Gasteiger charge is -2.12. The zero-order valence-corrected chi connectivity index (χ0v) is 15.3. The normalized spacial score (nSPS) is 10.3. The highest BCUT2D eigenvalue weighted by Gasteiger charge is 2.16. The Kier molecular flexibility index (Phi) is 6.86. The smallest absolute Gasteiger partial charge is 0.339 e. The number of aromatic carboxylic acids is 1. The first-order valence-electron chi connectivity index (χ1n) is 8.07. The van der Waals surface area contributed by atoms with Crippen LogP contribution in [0.5, 0.6) is 11.5 Å². The van der Waals surface area contributed by atoms with E-state index in [2.05, 4.69) is 12.2 Å². The van der Waals surface area contributed by atoms with Gasteiger partial charge in [-0.1, -0.05) is 30.7 Å². The summed E-state index contributed by atoms with van der Waals surface area (Å²) in [5, 5.41) is 11.9. The lowest BCUT2D eigenvalue weighted by molar-refractivity contribution is -0.116. The van der Waals surface area contributed by atoms with Crippen molar-refractivity contribution >= 4 is 29.2 Å². The van der Waals surface area contributed by atoms with Crippen LogP contribution in [0.1, 0.15) is 29.3 Å². The number of hydrogen-bond donors (Lipinski definition) is 2. The van der Waals surface area contributed by atoms with E-state index in [4.69, 9.17) is 26.2 Å². The molecule has 0 saturated heterocycles. The van der Waals surface area contributed by atoms with Crippen LogP contribution < -0.4 is 14.8 Å². The van der Waals surface area contributed by atoms with Crippen molar-refractivity contribution < 1.29 is 24.2 Å². The number of nitrogens with one attached hydrogen (secondary N) is 1. The SMILES string of the molecule is CCc1ccc(OCCC(=O)Nc2cc(OC)c(C(=O)O)cc2Cl)cc1. The maximum Gasteiger partial charge on any atom is 0.339 e. The second-order valence-electron chi connectivity index (χ2n) is 5.48. The zero-order valence-electron chi connectivity index (χ0n) is 14.5. The zero-order chi connectivity index (χ0) is 19.1. The van der Waals surface area contributed by atoms with Gasteiger partial charge in [0.2, 0.25) is 5.91 Å². The van der Waals surface area contributed by atoms with Gasteiger partial charge < -0.3 is 19.9 Å². The topological polar surface area (TPSA) is 84.9 Å². The van der Waals surface area contributed by atoms with E-state index in [-0.39, 0.29) is 41.0 Å². The van der Waals surface area contributed by atoms with Gasteiger partial charge in [-0.05, 0) is 30.2 Å². The molecule has 0 heterocycles. The fourth-order valence-electron chi connectivity index (χ4n) is 2.28. The molecule has 0 fully saturated rings. The molecule has 2 aromatic rings. The number of aryl methyl sites for hydroxylation is 1. The van der Waals surface area contributed by atoms with Crippen molar-refractivity contribution in [1.82, 2.24) is 0 Å². The molecule has 0 atom stereocenters. The van der Waals surface area contributed by atoms with E-state index in [1.54, 1.807) is 0 Å². The van der Waals surface area contributed by atoms with Gasteiger partial charge in [-0.25, -0.2) is 4.79 Å². The number of carboxylic acids is 1. The maximum absolute atomic E-state index is 12.1. The third-order valence-electron chi connectivity index (χ3n) is 3.72. The first-order chi connectivity index (χ1) is 12.4. The Morgan fingerprint density at radius 3 is 2.46 bits per heavy atom. The Balaban J connectivity index is 1.93. The highest BCUT2D eigenvalue weighted by atomic mass is 35.5. The van der Waals surface area contributed by atoms with Gasteiger partial charge in [-0.3, -0.25) is 4.79 Å². The number of carbonyl (C=O) groups is 2. The molecule has 2 aromatic carbocycles. The van der Waals surface area contributed by atoms with E-state index in [9.17, 15) is 9.59 Å². The number of anilines is 1. The predicted octanol–water partition coefficient (Wildman–Crippen LogP) is 4.02. The number of carboxylic acid groups (broad SMARTS) is 1. The first kappa shape index (κ1) is 19.6. The predicted molar refractivity (Wildman–Crippen MR) is 99.5 cm³/mol. The van der Waals surface area contributed by atoms with Crippen molar-refractivity contribution in [2.24, 2.45) is 0 Å². The van der Waals surface area contributed by atoms with E-state index in [0.29, 0.717) is 5.75 Å². The highest BCUT2D eigenvalue weighted by Crippen LogP contribution is 2.31. The number of carbonyl (C=O) groups excluding carboxylic acids is 1. The third-order valence-corrected chi connectivity index (χ3v) is 4.04. The number of ether oxygens (including phenoxy) is 2. The minimum atomic E-state index is -1.16. The lowest BCUT2D eigenvalue weighted by Crippen LogP contribution is -2.16. The first-order valence-corrected chi connectivity index (χ1v) is 8.44. The molecule has 6 nitrogen and oxygen atoms in total. The monoisotopic (exact) mass is 377 g/mol. The summed E-state index contributed by atoms with van der Waals surface area (Å²) >= 11 is 6.04. The number of halogens is 1. The fourth-order valence-corrected chi connectivity index (χ4v) is 2.49. The van der Waals surface area contributed by atoms with E-state index in [0.717, 1.165) is 6.42 Å². The molecule has 0 aliphatic heterocycles. The highest BCUT2D eigenvalue weighted by molar-refractivity contribution is 6.34. The molecule has 0 aliphatic rings. The average Bonchev–Trinajstić information content (AvgIpc) is 2.63. The maximum atomic E-state index is 12.1. The van der Waals surface area contributed by atoms with E-state index in [1.165, 1.54) is 24.8 Å². The number of amides is 1. The van der Waals surface area contributed by atoms with Crippen molar-refractivity contribution in [3.8, 4) is 11.5 Å². The van der Waals surface area contributed by atoms with Crippen molar-refractivity contribution in [1.29, 1.82) is 0 Å². The van der Waals surface area contributed by atoms with E-state index < -0.39 is 5.97 Å². The van der Waals surface area contributed by atoms with Gasteiger partial charge in [0.15, 0.2) is 0 Å². The van der Waals surface area contributed by atoms with Gasteiger partial charge in [-0.15, -0.1) is 0 Å². The molecule has 0 unspecified atom stereocenters. The van der Waals surface area contributed by atoms with Crippen molar-refractivity contribution in [3.05, 3.63) is 52.5 Å². The van der Waals surface area contributed by atoms with Crippen LogP contribution in [-0.4, -0.2) is 30.7 Å². The molecule has 1 amide bonds. The van der Waals surface area contributed by atoms with Gasteiger partial charge >= 0.3 is 5.97 Å². The van der Waals surface area contributed by atoms with Crippen LogP contribution in [0, 0.1) is 0 Å². The summed E-state index contributed by atoms with van der Waals surface area (Å²) in [5.74, 6) is -0.656.